The SMILES string of the molecule is Cc1cccc(C(CN)N(C)CC2CCC2)c1. The Bertz CT molecular complexity index is 358. The van der Waals surface area contributed by atoms with Gasteiger partial charge < -0.3 is 5.73 Å². The van der Waals surface area contributed by atoms with E-state index >= 15 is 0 Å². The van der Waals surface area contributed by atoms with Crippen LogP contribution in [0.4, 0.5) is 0 Å². The number of hydrogen-bond acceptors (Lipinski definition) is 2. The molecule has 1 fully saturated rings. The minimum Gasteiger partial charge on any atom is -0.329 e. The molecule has 0 radical (unpaired) electrons. The van der Waals surface area contributed by atoms with Crippen LogP contribution < -0.4 is 5.73 Å². The van der Waals surface area contributed by atoms with E-state index in [2.05, 4.69) is 43.1 Å². The number of nitrogens with two attached hydrogens (primary N) is 1. The van der Waals surface area contributed by atoms with Crippen molar-refractivity contribution in [3.05, 3.63) is 35.4 Å². The van der Waals surface area contributed by atoms with E-state index in [0.29, 0.717) is 12.6 Å². The van der Waals surface area contributed by atoms with Crippen molar-refractivity contribution in [2.45, 2.75) is 32.2 Å². The van der Waals surface area contributed by atoms with Crippen LogP contribution in [0.1, 0.15) is 36.4 Å². The zero-order valence-corrected chi connectivity index (χ0v) is 11.0. The minimum atomic E-state index is 0.371. The molecule has 1 aromatic carbocycles. The summed E-state index contributed by atoms with van der Waals surface area (Å²) in [6, 6.07) is 9.10. The Kier molecular flexibility index (Phi) is 4.19. The normalized spacial score (nSPS) is 18.1. The third-order valence-corrected chi connectivity index (χ3v) is 3.95. The maximum Gasteiger partial charge on any atom is 0.0467 e. The van der Waals surface area contributed by atoms with Crippen LogP contribution in [-0.4, -0.2) is 25.0 Å². The number of nitrogens with zero attached hydrogens (tertiary/aromatic N) is 1. The first-order valence-corrected chi connectivity index (χ1v) is 6.67. The van der Waals surface area contributed by atoms with Gasteiger partial charge in [0.2, 0.25) is 0 Å². The average molecular weight is 232 g/mol. The smallest absolute Gasteiger partial charge is 0.0467 e. The highest BCUT2D eigenvalue weighted by Crippen LogP contribution is 2.29. The number of aryl methyl sites for hydroxylation is 1. The van der Waals surface area contributed by atoms with Gasteiger partial charge in [-0.3, -0.25) is 4.90 Å². The molecule has 1 aliphatic rings. The lowest BCUT2D eigenvalue weighted by atomic mass is 9.84. The summed E-state index contributed by atoms with van der Waals surface area (Å²) in [6.07, 6.45) is 4.21. The van der Waals surface area contributed by atoms with Crippen LogP contribution >= 0.6 is 0 Å². The van der Waals surface area contributed by atoms with Gasteiger partial charge in [0.25, 0.3) is 0 Å². The minimum absolute atomic E-state index is 0.371. The highest BCUT2D eigenvalue weighted by atomic mass is 15.1. The Morgan fingerprint density at radius 1 is 1.41 bits per heavy atom. The zero-order chi connectivity index (χ0) is 12.3. The predicted molar refractivity (Wildman–Crippen MR) is 72.9 cm³/mol. The van der Waals surface area contributed by atoms with Gasteiger partial charge in [0.1, 0.15) is 0 Å². The van der Waals surface area contributed by atoms with E-state index in [1.807, 2.05) is 0 Å². The van der Waals surface area contributed by atoms with Crippen molar-refractivity contribution in [3.63, 3.8) is 0 Å². The van der Waals surface area contributed by atoms with Crippen molar-refractivity contribution < 1.29 is 0 Å². The van der Waals surface area contributed by atoms with Gasteiger partial charge in [-0.15, -0.1) is 0 Å². The summed E-state index contributed by atoms with van der Waals surface area (Å²) in [5, 5.41) is 0. The highest BCUT2D eigenvalue weighted by Gasteiger charge is 2.23. The summed E-state index contributed by atoms with van der Waals surface area (Å²) >= 11 is 0. The molecular weight excluding hydrogens is 208 g/mol. The van der Waals surface area contributed by atoms with E-state index in [1.54, 1.807) is 0 Å². The van der Waals surface area contributed by atoms with Gasteiger partial charge in [-0.05, 0) is 38.3 Å². The summed E-state index contributed by atoms with van der Waals surface area (Å²) in [7, 11) is 2.21. The fraction of sp³-hybridized carbons (Fsp3) is 0.600. The molecule has 1 aliphatic carbocycles. The Labute approximate surface area is 105 Å². The van der Waals surface area contributed by atoms with E-state index in [-0.39, 0.29) is 0 Å². The van der Waals surface area contributed by atoms with Gasteiger partial charge >= 0.3 is 0 Å². The topological polar surface area (TPSA) is 29.3 Å². The van der Waals surface area contributed by atoms with Crippen LogP contribution in [0, 0.1) is 12.8 Å². The lowest BCUT2D eigenvalue weighted by Crippen LogP contribution is -2.36. The van der Waals surface area contributed by atoms with Crippen LogP contribution in [0.5, 0.6) is 0 Å². The quantitative estimate of drug-likeness (QED) is 0.846. The van der Waals surface area contributed by atoms with Gasteiger partial charge in [0.05, 0.1) is 0 Å². The maximum atomic E-state index is 5.95. The van der Waals surface area contributed by atoms with Crippen LogP contribution in [0.15, 0.2) is 24.3 Å². The van der Waals surface area contributed by atoms with E-state index < -0.39 is 0 Å². The van der Waals surface area contributed by atoms with Gasteiger partial charge in [0.15, 0.2) is 0 Å². The van der Waals surface area contributed by atoms with Crippen LogP contribution in [0.25, 0.3) is 0 Å². The molecule has 2 heteroatoms. The van der Waals surface area contributed by atoms with E-state index in [1.165, 1.54) is 36.9 Å². The van der Waals surface area contributed by atoms with E-state index in [4.69, 9.17) is 5.73 Å². The summed E-state index contributed by atoms with van der Waals surface area (Å²) in [6.45, 7) is 4.03. The number of benzene rings is 1. The van der Waals surface area contributed by atoms with Crippen LogP contribution in [-0.2, 0) is 0 Å². The average Bonchev–Trinajstić information content (AvgIpc) is 2.25. The van der Waals surface area contributed by atoms with E-state index in [9.17, 15) is 0 Å². The molecule has 2 rings (SSSR count). The third-order valence-electron chi connectivity index (χ3n) is 3.95. The molecule has 0 bridgehead atoms. The standard InChI is InChI=1S/C15H24N2/c1-12-5-3-8-14(9-12)15(10-16)17(2)11-13-6-4-7-13/h3,5,8-9,13,15H,4,6-7,10-11,16H2,1-2H3. The third kappa shape index (κ3) is 3.08. The van der Waals surface area contributed by atoms with Crippen molar-refractivity contribution >= 4 is 0 Å². The summed E-state index contributed by atoms with van der Waals surface area (Å²) < 4.78 is 0. The first kappa shape index (κ1) is 12.6. The molecule has 0 spiro atoms. The van der Waals surface area contributed by atoms with Gasteiger partial charge in [0, 0.05) is 19.1 Å². The fourth-order valence-electron chi connectivity index (χ4n) is 2.66. The molecule has 0 aromatic heterocycles. The Hall–Kier alpha value is -0.860. The molecule has 94 valence electrons. The molecule has 17 heavy (non-hydrogen) atoms. The van der Waals surface area contributed by atoms with Crippen molar-refractivity contribution in [2.75, 3.05) is 20.1 Å². The molecule has 1 atom stereocenters. The Balaban J connectivity index is 2.03. The first-order valence-electron chi connectivity index (χ1n) is 6.67. The fourth-order valence-corrected chi connectivity index (χ4v) is 2.66. The van der Waals surface area contributed by atoms with Crippen molar-refractivity contribution in [2.24, 2.45) is 11.7 Å². The van der Waals surface area contributed by atoms with Crippen molar-refractivity contribution in [1.29, 1.82) is 0 Å². The summed E-state index contributed by atoms with van der Waals surface area (Å²) in [5.74, 6) is 0.902. The second kappa shape index (κ2) is 5.65. The highest BCUT2D eigenvalue weighted by molar-refractivity contribution is 5.25. The molecule has 0 heterocycles. The second-order valence-corrected chi connectivity index (χ2v) is 5.40. The zero-order valence-electron chi connectivity index (χ0n) is 11.0. The van der Waals surface area contributed by atoms with E-state index in [0.717, 1.165) is 5.92 Å². The second-order valence-electron chi connectivity index (χ2n) is 5.40. The van der Waals surface area contributed by atoms with Crippen LogP contribution in [0.2, 0.25) is 0 Å². The first-order chi connectivity index (χ1) is 8.20. The molecule has 1 saturated carbocycles. The molecule has 0 saturated heterocycles. The summed E-state index contributed by atoms with van der Waals surface area (Å²) in [4.78, 5) is 2.43. The largest absolute Gasteiger partial charge is 0.329 e. The number of hydrogen-bond donors (Lipinski definition) is 1. The number of likely N-dealkylation sites (N-methyl/N-ethyl adjacent to an activating group) is 1. The lowest BCUT2D eigenvalue weighted by Gasteiger charge is -2.34. The lowest BCUT2D eigenvalue weighted by molar-refractivity contribution is 0.165. The van der Waals surface area contributed by atoms with Crippen LogP contribution in [0.3, 0.4) is 0 Å². The molecule has 2 nitrogen and oxygen atoms in total. The molecular formula is C15H24N2. The molecule has 0 aliphatic heterocycles. The molecule has 1 aromatic rings. The van der Waals surface area contributed by atoms with Gasteiger partial charge in [-0.25, -0.2) is 0 Å². The molecule has 1 unspecified atom stereocenters. The van der Waals surface area contributed by atoms with Crippen molar-refractivity contribution in [1.82, 2.24) is 4.90 Å². The van der Waals surface area contributed by atoms with Gasteiger partial charge in [-0.1, -0.05) is 36.2 Å². The number of rotatable bonds is 5. The predicted octanol–water partition coefficient (Wildman–Crippen LogP) is 2.73. The monoisotopic (exact) mass is 232 g/mol. The van der Waals surface area contributed by atoms with Crippen molar-refractivity contribution in [3.8, 4) is 0 Å². The Morgan fingerprint density at radius 2 is 2.18 bits per heavy atom. The summed E-state index contributed by atoms with van der Waals surface area (Å²) in [5.41, 5.74) is 8.62. The van der Waals surface area contributed by atoms with Gasteiger partial charge in [-0.2, -0.15) is 0 Å². The molecule has 2 N–H and O–H groups in total. The molecule has 0 amide bonds. The maximum absolute atomic E-state index is 5.95. The Morgan fingerprint density at radius 3 is 2.71 bits per heavy atom.